The van der Waals surface area contributed by atoms with E-state index >= 15 is 0 Å². The van der Waals surface area contributed by atoms with E-state index in [-0.39, 0.29) is 5.91 Å². The van der Waals surface area contributed by atoms with Crippen molar-refractivity contribution in [1.82, 2.24) is 5.32 Å². The van der Waals surface area contributed by atoms with E-state index in [2.05, 4.69) is 5.32 Å². The summed E-state index contributed by atoms with van der Waals surface area (Å²) in [6.07, 6.45) is 0.742. The van der Waals surface area contributed by atoms with Gasteiger partial charge in [0.05, 0.1) is 0 Å². The highest BCUT2D eigenvalue weighted by Crippen LogP contribution is 1.99. The Balaban J connectivity index is 3.22. The van der Waals surface area contributed by atoms with Crippen LogP contribution in [0.5, 0.6) is 0 Å². The van der Waals surface area contributed by atoms with Crippen LogP contribution in [0.15, 0.2) is 0 Å². The predicted molar refractivity (Wildman–Crippen MR) is 42.2 cm³/mol. The maximum absolute atomic E-state index is 10.6. The molecule has 0 rings (SSSR count). The zero-order chi connectivity index (χ0) is 7.98. The summed E-state index contributed by atoms with van der Waals surface area (Å²) in [7, 11) is 0. The molecule has 10 heavy (non-hydrogen) atoms. The molecule has 0 saturated heterocycles. The predicted octanol–water partition coefficient (Wildman–Crippen LogP) is 0.255. The van der Waals surface area contributed by atoms with Gasteiger partial charge in [0.15, 0.2) is 4.84 Å². The van der Waals surface area contributed by atoms with Crippen LogP contribution in [-0.4, -0.2) is 23.8 Å². The van der Waals surface area contributed by atoms with Gasteiger partial charge in [-0.3, -0.25) is 4.79 Å². The standard InChI is InChI=1S/C5H10Cl2N2O/c6-4(7)5(10)9-3-1-2-8/h4H,1-3,8H2,(H,9,10). The number of amides is 1. The Morgan fingerprint density at radius 3 is 2.60 bits per heavy atom. The summed E-state index contributed by atoms with van der Waals surface area (Å²) >= 11 is 10.5. The molecule has 0 radical (unpaired) electrons. The Hall–Kier alpha value is 0.01000. The van der Waals surface area contributed by atoms with Crippen molar-refractivity contribution in [2.75, 3.05) is 13.1 Å². The van der Waals surface area contributed by atoms with Crippen LogP contribution < -0.4 is 11.1 Å². The first-order chi connectivity index (χ1) is 4.68. The van der Waals surface area contributed by atoms with Gasteiger partial charge in [0, 0.05) is 6.54 Å². The van der Waals surface area contributed by atoms with Crippen molar-refractivity contribution in [3.05, 3.63) is 0 Å². The summed E-state index contributed by atoms with van der Waals surface area (Å²) in [6.45, 7) is 1.08. The van der Waals surface area contributed by atoms with E-state index in [0.717, 1.165) is 6.42 Å². The summed E-state index contributed by atoms with van der Waals surface area (Å²) in [5, 5.41) is 2.50. The quantitative estimate of drug-likeness (QED) is 0.487. The first kappa shape index (κ1) is 10.0. The van der Waals surface area contributed by atoms with E-state index in [1.165, 1.54) is 0 Å². The molecule has 0 bridgehead atoms. The molecule has 0 atom stereocenters. The van der Waals surface area contributed by atoms with Crippen LogP contribution >= 0.6 is 23.2 Å². The van der Waals surface area contributed by atoms with Gasteiger partial charge in [0.1, 0.15) is 0 Å². The Morgan fingerprint density at radius 1 is 1.60 bits per heavy atom. The van der Waals surface area contributed by atoms with Gasteiger partial charge in [-0.25, -0.2) is 0 Å². The first-order valence-electron chi connectivity index (χ1n) is 2.94. The highest BCUT2D eigenvalue weighted by Gasteiger charge is 2.08. The van der Waals surface area contributed by atoms with Crippen molar-refractivity contribution in [2.24, 2.45) is 5.73 Å². The molecule has 5 heteroatoms. The van der Waals surface area contributed by atoms with Crippen LogP contribution in [0.4, 0.5) is 0 Å². The van der Waals surface area contributed by atoms with Crippen molar-refractivity contribution in [2.45, 2.75) is 11.3 Å². The number of alkyl halides is 2. The fourth-order valence-corrected chi connectivity index (χ4v) is 0.545. The van der Waals surface area contributed by atoms with Gasteiger partial charge in [-0.15, -0.1) is 0 Å². The lowest BCUT2D eigenvalue weighted by Crippen LogP contribution is -2.30. The number of nitrogens with two attached hydrogens (primary N) is 1. The van der Waals surface area contributed by atoms with E-state index in [1.54, 1.807) is 0 Å². The van der Waals surface area contributed by atoms with Gasteiger partial charge < -0.3 is 11.1 Å². The lowest BCUT2D eigenvalue weighted by atomic mass is 10.4. The molecule has 0 aromatic rings. The second-order valence-electron chi connectivity index (χ2n) is 1.73. The van der Waals surface area contributed by atoms with Crippen LogP contribution in [-0.2, 0) is 4.79 Å². The largest absolute Gasteiger partial charge is 0.354 e. The zero-order valence-corrected chi connectivity index (χ0v) is 6.95. The van der Waals surface area contributed by atoms with Crippen LogP contribution in [0.3, 0.4) is 0 Å². The van der Waals surface area contributed by atoms with Crippen molar-refractivity contribution in [3.8, 4) is 0 Å². The van der Waals surface area contributed by atoms with Gasteiger partial charge in [0.2, 0.25) is 0 Å². The lowest BCUT2D eigenvalue weighted by molar-refractivity contribution is -0.119. The third-order valence-electron chi connectivity index (χ3n) is 0.878. The zero-order valence-electron chi connectivity index (χ0n) is 5.44. The fraction of sp³-hybridized carbons (Fsp3) is 0.800. The molecule has 0 aliphatic carbocycles. The molecule has 3 nitrogen and oxygen atoms in total. The Morgan fingerprint density at radius 2 is 2.20 bits per heavy atom. The Labute approximate surface area is 69.9 Å². The van der Waals surface area contributed by atoms with Gasteiger partial charge in [-0.05, 0) is 13.0 Å². The van der Waals surface area contributed by atoms with Gasteiger partial charge >= 0.3 is 0 Å². The number of hydrogen-bond acceptors (Lipinski definition) is 2. The molecule has 0 aliphatic rings. The van der Waals surface area contributed by atoms with Gasteiger partial charge in [-0.1, -0.05) is 23.2 Å². The van der Waals surface area contributed by atoms with Crippen LogP contribution in [0, 0.1) is 0 Å². The molecule has 3 N–H and O–H groups in total. The molecule has 0 aromatic carbocycles. The van der Waals surface area contributed by atoms with E-state index < -0.39 is 4.84 Å². The molecule has 0 aliphatic heterocycles. The van der Waals surface area contributed by atoms with E-state index in [4.69, 9.17) is 28.9 Å². The summed E-state index contributed by atoms with van der Waals surface area (Å²) in [4.78, 5) is 9.63. The third kappa shape index (κ3) is 4.85. The molecular formula is C5H10Cl2N2O. The number of hydrogen-bond donors (Lipinski definition) is 2. The number of nitrogens with one attached hydrogen (secondary N) is 1. The monoisotopic (exact) mass is 184 g/mol. The molecule has 0 heterocycles. The van der Waals surface area contributed by atoms with Crippen LogP contribution in [0.1, 0.15) is 6.42 Å². The summed E-state index contributed by atoms with van der Waals surface area (Å²) in [5.41, 5.74) is 5.17. The van der Waals surface area contributed by atoms with Crippen LogP contribution in [0.2, 0.25) is 0 Å². The van der Waals surface area contributed by atoms with Crippen molar-refractivity contribution in [1.29, 1.82) is 0 Å². The molecule has 0 saturated carbocycles. The summed E-state index contributed by atoms with van der Waals surface area (Å²) in [5.74, 6) is -0.364. The van der Waals surface area contributed by atoms with Gasteiger partial charge in [0.25, 0.3) is 5.91 Å². The normalized spacial score (nSPS) is 10.0. The average Bonchev–Trinajstić information content (AvgIpc) is 1.88. The van der Waals surface area contributed by atoms with E-state index in [0.29, 0.717) is 13.1 Å². The average molecular weight is 185 g/mol. The fourth-order valence-electron chi connectivity index (χ4n) is 0.391. The first-order valence-corrected chi connectivity index (χ1v) is 3.81. The molecule has 0 spiro atoms. The number of halogens is 2. The minimum atomic E-state index is -0.974. The van der Waals surface area contributed by atoms with Gasteiger partial charge in [-0.2, -0.15) is 0 Å². The molecule has 1 amide bonds. The number of carbonyl (C=O) groups excluding carboxylic acids is 1. The molecular weight excluding hydrogens is 175 g/mol. The van der Waals surface area contributed by atoms with Crippen LogP contribution in [0.25, 0.3) is 0 Å². The summed E-state index contributed by atoms with van der Waals surface area (Å²) in [6, 6.07) is 0. The molecule has 0 unspecified atom stereocenters. The minimum absolute atomic E-state index is 0.364. The maximum atomic E-state index is 10.6. The second kappa shape index (κ2) is 5.77. The number of carbonyl (C=O) groups is 1. The molecule has 0 aromatic heterocycles. The second-order valence-corrected chi connectivity index (χ2v) is 2.83. The van der Waals surface area contributed by atoms with Crippen molar-refractivity contribution in [3.63, 3.8) is 0 Å². The van der Waals surface area contributed by atoms with E-state index in [1.807, 2.05) is 0 Å². The smallest absolute Gasteiger partial charge is 0.253 e. The third-order valence-corrected chi connectivity index (χ3v) is 1.27. The minimum Gasteiger partial charge on any atom is -0.354 e. The Kier molecular flexibility index (Phi) is 5.78. The van der Waals surface area contributed by atoms with Crippen molar-refractivity contribution < 1.29 is 4.79 Å². The highest BCUT2D eigenvalue weighted by molar-refractivity contribution is 6.53. The van der Waals surface area contributed by atoms with E-state index in [9.17, 15) is 4.79 Å². The topological polar surface area (TPSA) is 55.1 Å². The lowest BCUT2D eigenvalue weighted by Gasteiger charge is -2.02. The molecule has 60 valence electrons. The highest BCUT2D eigenvalue weighted by atomic mass is 35.5. The number of rotatable bonds is 4. The Bertz CT molecular complexity index is 108. The molecule has 0 fully saturated rings. The maximum Gasteiger partial charge on any atom is 0.253 e. The summed E-state index contributed by atoms with van der Waals surface area (Å²) < 4.78 is 0. The van der Waals surface area contributed by atoms with Crippen molar-refractivity contribution >= 4 is 29.1 Å². The SMILES string of the molecule is NCCCNC(=O)C(Cl)Cl.